The lowest BCUT2D eigenvalue weighted by molar-refractivity contribution is 0.102. The summed E-state index contributed by atoms with van der Waals surface area (Å²) in [5.74, 6) is -1.10. The zero-order chi connectivity index (χ0) is 20.3. The Kier molecular flexibility index (Phi) is 6.60. The molecule has 2 aromatic carbocycles. The molecule has 1 aliphatic rings. The molecule has 2 aromatic rings. The Morgan fingerprint density at radius 2 is 1.64 bits per heavy atom. The topological polar surface area (TPSA) is 66.5 Å². The number of hydrogen-bond donors (Lipinski definition) is 1. The smallest absolute Gasteiger partial charge is 0.255 e. The van der Waals surface area contributed by atoms with Crippen molar-refractivity contribution < 1.29 is 17.6 Å². The Morgan fingerprint density at radius 3 is 2.29 bits per heavy atom. The summed E-state index contributed by atoms with van der Waals surface area (Å²) in [4.78, 5) is 12.5. The lowest BCUT2D eigenvalue weighted by atomic mass is 10.2. The van der Waals surface area contributed by atoms with Gasteiger partial charge in [-0.25, -0.2) is 12.8 Å². The van der Waals surface area contributed by atoms with Crippen LogP contribution in [0.2, 0.25) is 10.0 Å². The molecular formula is C19H19Cl2FN2O3S. The Hall–Kier alpha value is -1.67. The maximum absolute atomic E-state index is 13.2. The summed E-state index contributed by atoms with van der Waals surface area (Å²) in [6, 6.07) is 7.65. The molecule has 9 heteroatoms. The van der Waals surface area contributed by atoms with Crippen LogP contribution in [0.4, 0.5) is 10.1 Å². The number of hydrogen-bond acceptors (Lipinski definition) is 3. The van der Waals surface area contributed by atoms with Crippen molar-refractivity contribution in [1.29, 1.82) is 0 Å². The monoisotopic (exact) mass is 444 g/mol. The van der Waals surface area contributed by atoms with Crippen molar-refractivity contribution >= 4 is 44.8 Å². The van der Waals surface area contributed by atoms with Crippen LogP contribution >= 0.6 is 23.2 Å². The summed E-state index contributed by atoms with van der Waals surface area (Å²) in [5.41, 5.74) is 0.332. The number of amides is 1. The normalized spacial score (nSPS) is 15.8. The van der Waals surface area contributed by atoms with Crippen molar-refractivity contribution in [2.75, 3.05) is 18.4 Å². The molecule has 1 aliphatic heterocycles. The van der Waals surface area contributed by atoms with Gasteiger partial charge in [0.05, 0.1) is 15.7 Å². The largest absolute Gasteiger partial charge is 0.321 e. The summed E-state index contributed by atoms with van der Waals surface area (Å²) in [7, 11) is -3.81. The van der Waals surface area contributed by atoms with Crippen molar-refractivity contribution in [2.24, 2.45) is 0 Å². The van der Waals surface area contributed by atoms with E-state index in [2.05, 4.69) is 5.32 Å². The van der Waals surface area contributed by atoms with E-state index in [1.807, 2.05) is 0 Å². The molecule has 3 rings (SSSR count). The maximum Gasteiger partial charge on any atom is 0.255 e. The summed E-state index contributed by atoms with van der Waals surface area (Å²) < 4.78 is 40.6. The lowest BCUT2D eigenvalue weighted by Gasteiger charge is -2.21. The highest BCUT2D eigenvalue weighted by Crippen LogP contribution is 2.29. The molecule has 0 bridgehead atoms. The first-order valence-corrected chi connectivity index (χ1v) is 11.0. The Bertz CT molecular complexity index is 991. The average molecular weight is 445 g/mol. The Morgan fingerprint density at radius 1 is 0.964 bits per heavy atom. The third kappa shape index (κ3) is 4.66. The molecule has 28 heavy (non-hydrogen) atoms. The Labute approximate surface area is 173 Å². The van der Waals surface area contributed by atoms with E-state index in [9.17, 15) is 17.6 Å². The van der Waals surface area contributed by atoms with E-state index < -0.39 is 21.7 Å². The Balaban J connectivity index is 1.89. The van der Waals surface area contributed by atoms with Crippen LogP contribution in [-0.4, -0.2) is 31.7 Å². The van der Waals surface area contributed by atoms with E-state index in [0.717, 1.165) is 31.7 Å². The van der Waals surface area contributed by atoms with Crippen LogP contribution in [0, 0.1) is 5.82 Å². The molecule has 150 valence electrons. The second-order valence-electron chi connectivity index (χ2n) is 6.54. The van der Waals surface area contributed by atoms with Gasteiger partial charge < -0.3 is 5.32 Å². The highest BCUT2D eigenvalue weighted by Gasteiger charge is 2.28. The van der Waals surface area contributed by atoms with Gasteiger partial charge in [0.25, 0.3) is 5.91 Å². The van der Waals surface area contributed by atoms with E-state index in [1.54, 1.807) is 0 Å². The fourth-order valence-electron chi connectivity index (χ4n) is 3.05. The molecule has 0 unspecified atom stereocenters. The van der Waals surface area contributed by atoms with Crippen molar-refractivity contribution in [3.63, 3.8) is 0 Å². The lowest BCUT2D eigenvalue weighted by Crippen LogP contribution is -2.32. The highest BCUT2D eigenvalue weighted by molar-refractivity contribution is 7.89. The van der Waals surface area contributed by atoms with Crippen molar-refractivity contribution in [3.05, 3.63) is 57.8 Å². The van der Waals surface area contributed by atoms with E-state index in [4.69, 9.17) is 23.2 Å². The van der Waals surface area contributed by atoms with Gasteiger partial charge in [-0.2, -0.15) is 4.31 Å². The van der Waals surface area contributed by atoms with Gasteiger partial charge in [-0.15, -0.1) is 0 Å². The number of nitrogens with one attached hydrogen (secondary N) is 1. The predicted octanol–water partition coefficient (Wildman–Crippen LogP) is 4.95. The molecule has 0 atom stereocenters. The van der Waals surface area contributed by atoms with Crippen molar-refractivity contribution in [3.8, 4) is 0 Å². The van der Waals surface area contributed by atoms with Crippen LogP contribution in [0.5, 0.6) is 0 Å². The molecule has 1 fully saturated rings. The van der Waals surface area contributed by atoms with Crippen molar-refractivity contribution in [2.45, 2.75) is 30.6 Å². The summed E-state index contributed by atoms with van der Waals surface area (Å²) in [6.07, 6.45) is 3.56. The number of benzene rings is 2. The number of sulfonamides is 1. The van der Waals surface area contributed by atoms with Crippen LogP contribution in [0.15, 0.2) is 41.3 Å². The zero-order valence-electron chi connectivity index (χ0n) is 14.9. The second kappa shape index (κ2) is 8.78. The van der Waals surface area contributed by atoms with Gasteiger partial charge in [0.2, 0.25) is 10.0 Å². The van der Waals surface area contributed by atoms with Gasteiger partial charge in [0.15, 0.2) is 0 Å². The summed E-state index contributed by atoms with van der Waals surface area (Å²) >= 11 is 12.1. The van der Waals surface area contributed by atoms with Crippen LogP contribution in [0.3, 0.4) is 0 Å². The number of nitrogens with zero attached hydrogens (tertiary/aromatic N) is 1. The molecule has 5 nitrogen and oxygen atoms in total. The molecule has 1 amide bonds. The fourth-order valence-corrected chi connectivity index (χ4v) is 5.28. The molecule has 0 aliphatic carbocycles. The standard InChI is InChI=1S/C19H19Cl2FN2O3S/c20-15-7-5-13(19(25)23-17-8-6-14(22)12-16(17)21)11-18(15)28(26,27)24-9-3-1-2-4-10-24/h5-8,11-12H,1-4,9-10H2,(H,23,25). The van der Waals surface area contributed by atoms with E-state index in [-0.39, 0.29) is 26.2 Å². The minimum absolute atomic E-state index is 0.0414. The average Bonchev–Trinajstić information content (AvgIpc) is 2.94. The maximum atomic E-state index is 13.2. The van der Waals surface area contributed by atoms with Gasteiger partial charge in [0.1, 0.15) is 10.7 Å². The van der Waals surface area contributed by atoms with Gasteiger partial charge in [-0.3, -0.25) is 4.79 Å². The number of carbonyl (C=O) groups excluding carboxylic acids is 1. The van der Waals surface area contributed by atoms with Crippen LogP contribution < -0.4 is 5.32 Å². The number of carbonyl (C=O) groups is 1. The van der Waals surface area contributed by atoms with Gasteiger partial charge in [0, 0.05) is 18.7 Å². The van der Waals surface area contributed by atoms with Gasteiger partial charge in [-0.1, -0.05) is 36.0 Å². The molecule has 1 heterocycles. The molecule has 0 radical (unpaired) electrons. The number of halogens is 3. The SMILES string of the molecule is O=C(Nc1ccc(F)cc1Cl)c1ccc(Cl)c(S(=O)(=O)N2CCCCCC2)c1. The third-order valence-electron chi connectivity index (χ3n) is 4.56. The third-order valence-corrected chi connectivity index (χ3v) is 7.25. The van der Waals surface area contributed by atoms with Gasteiger partial charge in [-0.05, 0) is 49.2 Å². The summed E-state index contributed by atoms with van der Waals surface area (Å²) in [6.45, 7) is 0.862. The van der Waals surface area contributed by atoms with Gasteiger partial charge >= 0.3 is 0 Å². The molecule has 1 N–H and O–H groups in total. The van der Waals surface area contributed by atoms with Crippen molar-refractivity contribution in [1.82, 2.24) is 4.31 Å². The zero-order valence-corrected chi connectivity index (χ0v) is 17.2. The van der Waals surface area contributed by atoms with E-state index in [1.165, 1.54) is 34.6 Å². The van der Waals surface area contributed by atoms with E-state index in [0.29, 0.717) is 13.1 Å². The summed E-state index contributed by atoms with van der Waals surface area (Å²) in [5, 5.41) is 2.65. The quantitative estimate of drug-likeness (QED) is 0.725. The molecule has 0 spiro atoms. The first-order valence-electron chi connectivity index (χ1n) is 8.85. The predicted molar refractivity (Wildman–Crippen MR) is 108 cm³/mol. The molecular weight excluding hydrogens is 426 g/mol. The molecule has 1 saturated heterocycles. The minimum Gasteiger partial charge on any atom is -0.321 e. The molecule has 0 aromatic heterocycles. The number of rotatable bonds is 4. The molecule has 0 saturated carbocycles. The fraction of sp³-hybridized carbons (Fsp3) is 0.316. The first kappa shape index (κ1) is 21.0. The first-order chi connectivity index (χ1) is 13.3. The highest BCUT2D eigenvalue weighted by atomic mass is 35.5. The second-order valence-corrected chi connectivity index (χ2v) is 9.26. The van der Waals surface area contributed by atoms with Crippen LogP contribution in [-0.2, 0) is 10.0 Å². The number of anilines is 1. The van der Waals surface area contributed by atoms with Crippen LogP contribution in [0.25, 0.3) is 0 Å². The van der Waals surface area contributed by atoms with Crippen LogP contribution in [0.1, 0.15) is 36.0 Å². The van der Waals surface area contributed by atoms with E-state index >= 15 is 0 Å². The minimum atomic E-state index is -3.81.